The second-order valence-corrected chi connectivity index (χ2v) is 13.9. The van der Waals surface area contributed by atoms with Gasteiger partial charge in [-0.05, 0) is 82.9 Å². The van der Waals surface area contributed by atoms with E-state index in [2.05, 4.69) is 41.4 Å². The van der Waals surface area contributed by atoms with Gasteiger partial charge in [0.25, 0.3) is 5.17 Å². The molecule has 7 nitrogen and oxygen atoms in total. The van der Waals surface area contributed by atoms with Crippen molar-refractivity contribution in [3.63, 3.8) is 0 Å². The molecule has 1 aliphatic rings. The first-order valence-corrected chi connectivity index (χ1v) is 18.8. The Balaban J connectivity index is 1.32. The first kappa shape index (κ1) is 38.6. The molecule has 0 bridgehead atoms. The average Bonchev–Trinajstić information content (AvgIpc) is 3.07. The molecule has 0 aliphatic carbocycles. The second-order valence-electron chi connectivity index (χ2n) is 13.1. The Hall–Kier alpha value is -3.17. The van der Waals surface area contributed by atoms with Gasteiger partial charge in [-0.3, -0.25) is 4.79 Å². The average molecular weight is 709 g/mol. The lowest BCUT2D eigenvalue weighted by atomic mass is 9.85. The lowest BCUT2D eigenvalue weighted by molar-refractivity contribution is 0.0633. The van der Waals surface area contributed by atoms with Crippen LogP contribution >= 0.6 is 23.8 Å². The number of ether oxygens (including phenoxy) is 1. The lowest BCUT2D eigenvalue weighted by Crippen LogP contribution is -2.40. The van der Waals surface area contributed by atoms with Crippen molar-refractivity contribution in [3.05, 3.63) is 81.5 Å². The molecule has 2 aromatic carbocycles. The topological polar surface area (TPSA) is 95.2 Å². The Labute approximate surface area is 302 Å². The first-order chi connectivity index (χ1) is 23.8. The summed E-state index contributed by atoms with van der Waals surface area (Å²) in [5.41, 5.74) is 0.813. The summed E-state index contributed by atoms with van der Waals surface area (Å²) in [6.07, 6.45) is 23.2. The van der Waals surface area contributed by atoms with Crippen LogP contribution < -0.4 is 15.5 Å². The number of nitrogens with one attached hydrogen (secondary N) is 1. The number of nitrogens with zero attached hydrogens (tertiary/aromatic N) is 1. The molecule has 0 spiro atoms. The third-order valence-electron chi connectivity index (χ3n) is 9.13. The molecule has 2 heterocycles. The Bertz CT molecular complexity index is 1620. The Kier molecular flexibility index (Phi) is 16.2. The Morgan fingerprint density at radius 3 is 2.45 bits per heavy atom. The maximum atomic E-state index is 13.4. The number of fused-ring (bicyclic) bond motifs is 1. The number of aliphatic hydroxyl groups is 1. The molecule has 0 radical (unpaired) electrons. The van der Waals surface area contributed by atoms with E-state index in [1.807, 2.05) is 13.1 Å². The van der Waals surface area contributed by atoms with Crippen molar-refractivity contribution in [1.82, 2.24) is 10.2 Å². The largest absolute Gasteiger partial charge is 0.507 e. The fourth-order valence-corrected chi connectivity index (χ4v) is 6.83. The zero-order valence-corrected chi connectivity index (χ0v) is 30.7. The number of aliphatic hydroxyl groups excluding tert-OH is 1. The van der Waals surface area contributed by atoms with E-state index in [0.717, 1.165) is 32.2 Å². The van der Waals surface area contributed by atoms with E-state index in [4.69, 9.17) is 33.0 Å². The van der Waals surface area contributed by atoms with E-state index in [1.165, 1.54) is 63.5 Å². The number of thiocarbonyl (C=S) groups is 1. The molecule has 1 aromatic heterocycles. The number of aromatic hydroxyl groups is 1. The predicted molar refractivity (Wildman–Crippen MR) is 206 cm³/mol. The van der Waals surface area contributed by atoms with Crippen molar-refractivity contribution in [2.45, 2.75) is 102 Å². The van der Waals surface area contributed by atoms with Crippen molar-refractivity contribution in [1.29, 1.82) is 0 Å². The second kappa shape index (κ2) is 20.5. The number of allylic oxidation sites excluding steroid dienone is 4. The number of halogens is 1. The molecule has 0 saturated carbocycles. The van der Waals surface area contributed by atoms with Gasteiger partial charge in [-0.25, -0.2) is 0 Å². The molecule has 0 amide bonds. The minimum absolute atomic E-state index is 0.0319. The predicted octanol–water partition coefficient (Wildman–Crippen LogP) is 9.67. The van der Waals surface area contributed by atoms with Crippen molar-refractivity contribution >= 4 is 40.0 Å². The normalized spacial score (nSPS) is 17.0. The van der Waals surface area contributed by atoms with Crippen LogP contribution in [-0.2, 0) is 0 Å². The molecule has 3 aromatic rings. The van der Waals surface area contributed by atoms with E-state index in [9.17, 15) is 15.0 Å². The van der Waals surface area contributed by atoms with Gasteiger partial charge < -0.3 is 29.6 Å². The standard InChI is InChI=1S/C40H53ClN2O5S/c1-3-4-5-6-7-8-9-10-11-12-13-14-15-16-17-20-24-42-40(49)48-36-27-33(45)38-32(44)26-35(29-21-18-19-22-31(29)41)47-39(38)37(36)30-23-25-43(2)28-34(30)46/h7-8,10-11,18-19,21-22,26-27,30,34,45-46H,3-6,9,12-17,20,23-25,28H2,1-2H3,(H,42,49)/b8-7-,11-10-/t30?,34-/m0/s1. The molecule has 4 rings (SSSR count). The highest BCUT2D eigenvalue weighted by molar-refractivity contribution is 7.80. The monoisotopic (exact) mass is 708 g/mol. The van der Waals surface area contributed by atoms with Gasteiger partial charge in [-0.2, -0.15) is 0 Å². The summed E-state index contributed by atoms with van der Waals surface area (Å²) in [5, 5.41) is 26.0. The highest BCUT2D eigenvalue weighted by Gasteiger charge is 2.34. The number of benzene rings is 2. The number of unbranched alkanes of at least 4 members (excludes halogenated alkanes) is 9. The van der Waals surface area contributed by atoms with Crippen LogP contribution in [0.25, 0.3) is 22.3 Å². The highest BCUT2D eigenvalue weighted by atomic mass is 35.5. The number of hydrogen-bond acceptors (Lipinski definition) is 7. The summed E-state index contributed by atoms with van der Waals surface area (Å²) in [7, 11) is 1.95. The van der Waals surface area contributed by atoms with Gasteiger partial charge in [0, 0.05) is 42.3 Å². The molecule has 266 valence electrons. The summed E-state index contributed by atoms with van der Waals surface area (Å²) in [4.78, 5) is 15.4. The summed E-state index contributed by atoms with van der Waals surface area (Å²) >= 11 is 12.0. The number of likely N-dealkylation sites (N-methyl/N-ethyl adjacent to an activating group) is 1. The van der Waals surface area contributed by atoms with Crippen molar-refractivity contribution in [3.8, 4) is 22.8 Å². The lowest BCUT2D eigenvalue weighted by Gasteiger charge is -2.34. The van der Waals surface area contributed by atoms with Crippen LogP contribution in [0, 0.1) is 0 Å². The number of piperidine rings is 1. The fraction of sp³-hybridized carbons (Fsp3) is 0.500. The summed E-state index contributed by atoms with van der Waals surface area (Å²) in [6.45, 7) is 4.07. The van der Waals surface area contributed by atoms with Crippen LogP contribution in [0.15, 0.2) is 69.9 Å². The number of phenolic OH excluding ortho intramolecular Hbond substituents is 1. The SMILES string of the molecule is CCCCC/C=C\C/C=C\CCCCCCCCNC(=S)Oc1cc(O)c2c(=O)cc(-c3ccccc3Cl)oc2c1C1CCN(C)C[C@@H]1O. The van der Waals surface area contributed by atoms with Gasteiger partial charge >= 0.3 is 0 Å². The van der Waals surface area contributed by atoms with Gasteiger partial charge in [-0.15, -0.1) is 0 Å². The molecule has 49 heavy (non-hydrogen) atoms. The zero-order chi connectivity index (χ0) is 35.0. The number of likely N-dealkylation sites (tertiary alicyclic amines) is 1. The van der Waals surface area contributed by atoms with Crippen LogP contribution in [0.1, 0.15) is 102 Å². The molecule has 9 heteroatoms. The Morgan fingerprint density at radius 1 is 1.04 bits per heavy atom. The molecule has 1 aliphatic heterocycles. The summed E-state index contributed by atoms with van der Waals surface area (Å²) in [6, 6.07) is 9.83. The molecule has 1 saturated heterocycles. The number of phenols is 1. The van der Waals surface area contributed by atoms with E-state index >= 15 is 0 Å². The van der Waals surface area contributed by atoms with Crippen molar-refractivity contribution < 1.29 is 19.4 Å². The van der Waals surface area contributed by atoms with E-state index in [0.29, 0.717) is 35.7 Å². The summed E-state index contributed by atoms with van der Waals surface area (Å²) < 4.78 is 12.5. The highest BCUT2D eigenvalue weighted by Crippen LogP contribution is 2.43. The zero-order valence-electron chi connectivity index (χ0n) is 29.1. The Morgan fingerprint density at radius 2 is 1.73 bits per heavy atom. The van der Waals surface area contributed by atoms with Crippen molar-refractivity contribution in [2.75, 3.05) is 26.7 Å². The van der Waals surface area contributed by atoms with Gasteiger partial charge in [0.1, 0.15) is 28.2 Å². The molecule has 1 fully saturated rings. The maximum absolute atomic E-state index is 13.4. The van der Waals surface area contributed by atoms with Gasteiger partial charge in [0.2, 0.25) is 0 Å². The fourth-order valence-electron chi connectivity index (χ4n) is 6.41. The van der Waals surface area contributed by atoms with E-state index in [-0.39, 0.29) is 33.4 Å². The molecular weight excluding hydrogens is 656 g/mol. The first-order valence-electron chi connectivity index (χ1n) is 18.0. The number of β-amino-alcohol motifs (C(OH)–C–C–N with tert-alkyl or cyclic N) is 1. The molecular formula is C40H53ClN2O5S. The van der Waals surface area contributed by atoms with Crippen LogP contribution in [-0.4, -0.2) is 53.1 Å². The minimum atomic E-state index is -0.747. The third kappa shape index (κ3) is 11.7. The molecule has 3 N–H and O–H groups in total. The summed E-state index contributed by atoms with van der Waals surface area (Å²) in [5.74, 6) is -0.160. The van der Waals surface area contributed by atoms with Crippen LogP contribution in [0.3, 0.4) is 0 Å². The quantitative estimate of drug-likeness (QED) is 0.0683. The molecule has 1 unspecified atom stereocenters. The van der Waals surface area contributed by atoms with Gasteiger partial charge in [0.05, 0.1) is 11.1 Å². The minimum Gasteiger partial charge on any atom is -0.507 e. The van der Waals surface area contributed by atoms with E-state index < -0.39 is 17.5 Å². The van der Waals surface area contributed by atoms with Crippen LogP contribution in [0.4, 0.5) is 0 Å². The number of rotatable bonds is 18. The van der Waals surface area contributed by atoms with Gasteiger partial charge in [-0.1, -0.05) is 93.5 Å². The smallest absolute Gasteiger partial charge is 0.262 e. The van der Waals surface area contributed by atoms with Crippen molar-refractivity contribution in [2.24, 2.45) is 0 Å². The van der Waals surface area contributed by atoms with Crippen LogP contribution in [0.2, 0.25) is 5.02 Å². The number of hydrogen-bond donors (Lipinski definition) is 3. The maximum Gasteiger partial charge on any atom is 0.262 e. The molecule has 2 atom stereocenters. The van der Waals surface area contributed by atoms with Gasteiger partial charge in [0.15, 0.2) is 5.43 Å². The van der Waals surface area contributed by atoms with Crippen LogP contribution in [0.5, 0.6) is 11.5 Å². The third-order valence-corrected chi connectivity index (χ3v) is 9.68. The van der Waals surface area contributed by atoms with E-state index in [1.54, 1.807) is 18.2 Å².